The van der Waals surface area contributed by atoms with Crippen LogP contribution in [0.2, 0.25) is 0 Å². The molecule has 0 saturated heterocycles. The second kappa shape index (κ2) is 13.2. The van der Waals surface area contributed by atoms with E-state index in [0.717, 1.165) is 37.8 Å². The highest BCUT2D eigenvalue weighted by Crippen LogP contribution is 2.42. The van der Waals surface area contributed by atoms with Gasteiger partial charge in [0.1, 0.15) is 11.5 Å². The zero-order valence-electron chi connectivity index (χ0n) is 21.0. The number of ether oxygens (including phenoxy) is 3. The van der Waals surface area contributed by atoms with Gasteiger partial charge in [-0.2, -0.15) is 13.2 Å². The summed E-state index contributed by atoms with van der Waals surface area (Å²) in [6.45, 7) is 6.08. The quantitative estimate of drug-likeness (QED) is 0.235. The minimum Gasteiger partial charge on any atom is -0.493 e. The summed E-state index contributed by atoms with van der Waals surface area (Å²) in [7, 11) is 1.62. The van der Waals surface area contributed by atoms with E-state index in [9.17, 15) is 13.2 Å². The summed E-state index contributed by atoms with van der Waals surface area (Å²) >= 11 is 0. The number of aryl methyl sites for hydroxylation is 1. The Hall–Kier alpha value is -3.14. The molecule has 10 heteroatoms. The normalized spacial score (nSPS) is 11.6. The Bertz CT molecular complexity index is 1100. The minimum absolute atomic E-state index is 0.385. The van der Waals surface area contributed by atoms with Gasteiger partial charge in [-0.25, -0.2) is 4.68 Å². The fourth-order valence-corrected chi connectivity index (χ4v) is 3.62. The topological polar surface area (TPSA) is 71.3 Å². The van der Waals surface area contributed by atoms with Crippen LogP contribution in [0.15, 0.2) is 36.4 Å². The van der Waals surface area contributed by atoms with Gasteiger partial charge in [0, 0.05) is 31.9 Å². The third kappa shape index (κ3) is 7.19. The Morgan fingerprint density at radius 1 is 0.861 bits per heavy atom. The molecule has 1 heterocycles. The van der Waals surface area contributed by atoms with Crippen molar-refractivity contribution in [2.45, 2.75) is 58.7 Å². The summed E-state index contributed by atoms with van der Waals surface area (Å²) in [4.78, 5) is 0. The zero-order valence-corrected chi connectivity index (χ0v) is 21.0. The largest absolute Gasteiger partial charge is 0.493 e. The third-order valence-corrected chi connectivity index (χ3v) is 5.58. The fraction of sp³-hybridized carbons (Fsp3) is 0.500. The average Bonchev–Trinajstić information content (AvgIpc) is 3.32. The summed E-state index contributed by atoms with van der Waals surface area (Å²) in [5.74, 6) is 1.44. The molecule has 0 saturated carbocycles. The first-order valence-electron chi connectivity index (χ1n) is 12.3. The van der Waals surface area contributed by atoms with Crippen LogP contribution in [-0.4, -0.2) is 47.1 Å². The predicted octanol–water partition coefficient (Wildman–Crippen LogP) is 6.42. The van der Waals surface area contributed by atoms with Crippen LogP contribution in [-0.2, 0) is 17.5 Å². The van der Waals surface area contributed by atoms with Crippen LogP contribution in [0.1, 0.15) is 51.5 Å². The molecule has 0 radical (unpaired) electrons. The molecule has 0 aliphatic rings. The number of halogens is 3. The summed E-state index contributed by atoms with van der Waals surface area (Å²) in [5, 5.41) is 12.1. The smallest absolute Gasteiger partial charge is 0.416 e. The molecule has 0 spiro atoms. The highest BCUT2D eigenvalue weighted by molar-refractivity contribution is 5.80. The van der Waals surface area contributed by atoms with Crippen LogP contribution in [0.4, 0.5) is 13.2 Å². The molecule has 0 bridgehead atoms. The summed E-state index contributed by atoms with van der Waals surface area (Å²) in [5.41, 5.74) is 0.759. The van der Waals surface area contributed by atoms with Crippen molar-refractivity contribution >= 4 is 0 Å². The lowest BCUT2D eigenvalue weighted by molar-refractivity contribution is -0.137. The highest BCUT2D eigenvalue weighted by atomic mass is 19.4. The Labute approximate surface area is 209 Å². The van der Waals surface area contributed by atoms with E-state index in [-0.39, 0.29) is 0 Å². The van der Waals surface area contributed by atoms with Crippen molar-refractivity contribution in [2.24, 2.45) is 0 Å². The number of benzene rings is 2. The zero-order chi connectivity index (χ0) is 26.0. The maximum Gasteiger partial charge on any atom is 0.416 e. The lowest BCUT2D eigenvalue weighted by atomic mass is 9.98. The minimum atomic E-state index is -4.46. The van der Waals surface area contributed by atoms with E-state index < -0.39 is 11.7 Å². The van der Waals surface area contributed by atoms with Crippen LogP contribution < -0.4 is 9.47 Å². The summed E-state index contributed by atoms with van der Waals surface area (Å²) in [6, 6.07) is 8.72. The highest BCUT2D eigenvalue weighted by Gasteiger charge is 2.31. The van der Waals surface area contributed by atoms with E-state index in [1.807, 2.05) is 6.92 Å². The number of hydrogen-bond donors (Lipinski definition) is 0. The first-order valence-corrected chi connectivity index (χ1v) is 12.3. The molecule has 0 atom stereocenters. The van der Waals surface area contributed by atoms with Crippen LogP contribution in [0, 0.1) is 0 Å². The molecule has 2 aromatic carbocycles. The molecule has 0 amide bonds. The maximum atomic E-state index is 13.5. The van der Waals surface area contributed by atoms with Crippen molar-refractivity contribution in [3.05, 3.63) is 42.0 Å². The Morgan fingerprint density at radius 2 is 1.56 bits per heavy atom. The molecular weight excluding hydrogens is 473 g/mol. The molecule has 0 unspecified atom stereocenters. The van der Waals surface area contributed by atoms with Crippen molar-refractivity contribution in [1.82, 2.24) is 20.2 Å². The Kier molecular flexibility index (Phi) is 10.1. The van der Waals surface area contributed by atoms with Crippen LogP contribution in [0.5, 0.6) is 11.5 Å². The molecule has 0 N–H and O–H groups in total. The second-order valence-electron chi connectivity index (χ2n) is 8.40. The lowest BCUT2D eigenvalue weighted by Crippen LogP contribution is -2.08. The van der Waals surface area contributed by atoms with E-state index in [0.29, 0.717) is 66.8 Å². The molecule has 36 heavy (non-hydrogen) atoms. The molecule has 0 fully saturated rings. The predicted molar refractivity (Wildman–Crippen MR) is 131 cm³/mol. The van der Waals surface area contributed by atoms with E-state index in [1.165, 1.54) is 6.07 Å². The van der Waals surface area contributed by atoms with E-state index in [4.69, 9.17) is 14.2 Å². The van der Waals surface area contributed by atoms with E-state index in [2.05, 4.69) is 22.4 Å². The van der Waals surface area contributed by atoms with Gasteiger partial charge < -0.3 is 14.2 Å². The first kappa shape index (κ1) is 27.4. The monoisotopic (exact) mass is 506 g/mol. The van der Waals surface area contributed by atoms with Gasteiger partial charge in [0.25, 0.3) is 0 Å². The van der Waals surface area contributed by atoms with Crippen molar-refractivity contribution in [3.8, 4) is 34.0 Å². The fourth-order valence-electron chi connectivity index (χ4n) is 3.62. The van der Waals surface area contributed by atoms with Gasteiger partial charge in [-0.05, 0) is 53.5 Å². The van der Waals surface area contributed by atoms with Gasteiger partial charge in [-0.1, -0.05) is 38.8 Å². The van der Waals surface area contributed by atoms with Crippen molar-refractivity contribution in [1.29, 1.82) is 0 Å². The Morgan fingerprint density at radius 3 is 2.19 bits per heavy atom. The number of nitrogens with zero attached hydrogens (tertiary/aromatic N) is 4. The van der Waals surface area contributed by atoms with Gasteiger partial charge >= 0.3 is 6.18 Å². The molecule has 1 aromatic heterocycles. The summed E-state index contributed by atoms with van der Waals surface area (Å²) < 4.78 is 59.4. The average molecular weight is 507 g/mol. The molecule has 0 aliphatic carbocycles. The van der Waals surface area contributed by atoms with Crippen LogP contribution in [0.3, 0.4) is 0 Å². The van der Waals surface area contributed by atoms with Gasteiger partial charge in [0.05, 0.1) is 24.3 Å². The number of alkyl halides is 3. The van der Waals surface area contributed by atoms with Gasteiger partial charge in [0.15, 0.2) is 5.82 Å². The molecule has 3 rings (SSSR count). The number of tetrazole rings is 1. The third-order valence-electron chi connectivity index (χ3n) is 5.58. The molecule has 3 aromatic rings. The van der Waals surface area contributed by atoms with Crippen molar-refractivity contribution in [2.75, 3.05) is 26.9 Å². The lowest BCUT2D eigenvalue weighted by Gasteiger charge is -2.18. The molecule has 196 valence electrons. The first-order chi connectivity index (χ1) is 17.4. The number of methoxy groups -OCH3 is 1. The Balaban J connectivity index is 2.15. The van der Waals surface area contributed by atoms with Gasteiger partial charge in [0.2, 0.25) is 0 Å². The summed E-state index contributed by atoms with van der Waals surface area (Å²) in [6.07, 6.45) is -0.234. The second-order valence-corrected chi connectivity index (χ2v) is 8.40. The van der Waals surface area contributed by atoms with Crippen molar-refractivity contribution < 1.29 is 27.4 Å². The van der Waals surface area contributed by atoms with E-state index >= 15 is 0 Å². The van der Waals surface area contributed by atoms with E-state index in [1.54, 1.807) is 30.0 Å². The molecular formula is C26H33F3N4O3. The van der Waals surface area contributed by atoms with Crippen molar-refractivity contribution in [3.63, 3.8) is 0 Å². The number of hydrogen-bond acceptors (Lipinski definition) is 6. The van der Waals surface area contributed by atoms with Crippen LogP contribution in [0.25, 0.3) is 22.5 Å². The standard InChI is InChI=1S/C26H33F3N4O3/c1-4-6-14-35-23-18-24(36-15-7-5-2)22(25-30-31-32-33(25)12-9-13-34-3)17-21(23)19-10-8-11-20(16-19)26(27,28)29/h8,10-11,16-18H,4-7,9,12-15H2,1-3H3. The number of aromatic nitrogens is 4. The van der Waals surface area contributed by atoms with Gasteiger partial charge in [-0.3, -0.25) is 0 Å². The SMILES string of the molecule is CCCCOc1cc(OCCCC)c(-c2nnnn2CCCOC)cc1-c1cccc(C(F)(F)F)c1. The maximum absolute atomic E-state index is 13.5. The number of unbranched alkanes of at least 4 members (excludes halogenated alkanes) is 2. The van der Waals surface area contributed by atoms with Gasteiger partial charge in [-0.15, -0.1) is 5.10 Å². The number of rotatable bonds is 14. The molecule has 7 nitrogen and oxygen atoms in total. The van der Waals surface area contributed by atoms with Crippen LogP contribution >= 0.6 is 0 Å². The molecule has 0 aliphatic heterocycles.